The van der Waals surface area contributed by atoms with E-state index in [2.05, 4.69) is 30.6 Å². The van der Waals surface area contributed by atoms with Crippen molar-refractivity contribution in [3.05, 3.63) is 60.2 Å². The van der Waals surface area contributed by atoms with E-state index in [1.807, 2.05) is 0 Å². The fourth-order valence-corrected chi connectivity index (χ4v) is 2.97. The highest BCUT2D eigenvalue weighted by Crippen LogP contribution is 2.34. The maximum absolute atomic E-state index is 13.4. The van der Waals surface area contributed by atoms with Crippen molar-refractivity contribution in [1.29, 1.82) is 0 Å². The Morgan fingerprint density at radius 2 is 1.74 bits per heavy atom. The van der Waals surface area contributed by atoms with E-state index >= 15 is 0 Å². The zero-order chi connectivity index (χ0) is 22.6. The molecule has 0 radical (unpaired) electrons. The average molecular weight is 453 g/mol. The van der Waals surface area contributed by atoms with Gasteiger partial charge in [-0.25, -0.2) is 18.4 Å². The quantitative estimate of drug-likeness (QED) is 0.561. The highest BCUT2D eigenvalue weighted by Gasteiger charge is 2.35. The third-order valence-electron chi connectivity index (χ3n) is 4.10. The summed E-state index contributed by atoms with van der Waals surface area (Å²) in [4.78, 5) is 15.7. The number of hydrogen-bond donors (Lipinski definition) is 2. The minimum atomic E-state index is -4.71. The van der Waals surface area contributed by atoms with Gasteiger partial charge in [-0.05, 0) is 12.1 Å². The topological polar surface area (TPSA) is 113 Å². The average Bonchev–Trinajstić information content (AvgIpc) is 2.71. The Morgan fingerprint density at radius 1 is 1.06 bits per heavy atom. The molecule has 3 aromatic rings. The van der Waals surface area contributed by atoms with E-state index < -0.39 is 27.6 Å². The summed E-state index contributed by atoms with van der Waals surface area (Å²) in [5, 5.41) is 5.40. The number of anilines is 4. The summed E-state index contributed by atoms with van der Waals surface area (Å²) in [6.07, 6.45) is -0.465. The summed E-state index contributed by atoms with van der Waals surface area (Å²) in [7, 11) is -2.37. The lowest BCUT2D eigenvalue weighted by Crippen LogP contribution is -2.27. The molecule has 31 heavy (non-hydrogen) atoms. The maximum atomic E-state index is 13.4. The van der Waals surface area contributed by atoms with Gasteiger partial charge in [-0.2, -0.15) is 18.2 Å². The zero-order valence-electron chi connectivity index (χ0n) is 16.4. The van der Waals surface area contributed by atoms with Gasteiger partial charge in [-0.15, -0.1) is 0 Å². The number of hydrogen-bond acceptors (Lipinski definition) is 8. The van der Waals surface area contributed by atoms with Crippen molar-refractivity contribution < 1.29 is 21.6 Å². The largest absolute Gasteiger partial charge is 0.421 e. The molecule has 0 aliphatic carbocycles. The minimum Gasteiger partial charge on any atom is -0.364 e. The van der Waals surface area contributed by atoms with Crippen LogP contribution in [0.3, 0.4) is 0 Å². The Bertz CT molecular complexity index is 1160. The van der Waals surface area contributed by atoms with Gasteiger partial charge in [0.25, 0.3) is 0 Å². The minimum absolute atomic E-state index is 0.0113. The molecule has 2 N–H and O–H groups in total. The molecule has 9 nitrogen and oxygen atoms in total. The van der Waals surface area contributed by atoms with Gasteiger partial charge >= 0.3 is 6.18 Å². The van der Waals surface area contributed by atoms with Gasteiger partial charge in [-0.1, -0.05) is 18.2 Å². The maximum Gasteiger partial charge on any atom is 0.421 e. The summed E-state index contributed by atoms with van der Waals surface area (Å²) in [6.45, 7) is -0.256. The van der Waals surface area contributed by atoms with Crippen molar-refractivity contribution >= 4 is 33.3 Å². The summed E-state index contributed by atoms with van der Waals surface area (Å²) in [6, 6.07) is 8.71. The number of nitrogens with one attached hydrogen (secondary N) is 2. The van der Waals surface area contributed by atoms with Crippen molar-refractivity contribution in [2.24, 2.45) is 0 Å². The predicted molar refractivity (Wildman–Crippen MR) is 109 cm³/mol. The van der Waals surface area contributed by atoms with E-state index in [-0.39, 0.29) is 24.0 Å². The van der Waals surface area contributed by atoms with Gasteiger partial charge in [0, 0.05) is 31.3 Å². The van der Waals surface area contributed by atoms with Gasteiger partial charge in [0.05, 0.1) is 12.8 Å². The van der Waals surface area contributed by atoms with Crippen LogP contribution in [0.25, 0.3) is 0 Å². The molecule has 13 heteroatoms. The molecule has 0 amide bonds. The molecule has 0 saturated carbocycles. The second-order valence-corrected chi connectivity index (χ2v) is 8.37. The Kier molecular flexibility index (Phi) is 6.24. The summed E-state index contributed by atoms with van der Waals surface area (Å²) >= 11 is 0. The lowest BCUT2D eigenvalue weighted by Gasteiger charge is -2.19. The Hall–Kier alpha value is -3.48. The second kappa shape index (κ2) is 8.71. The molecule has 0 aliphatic rings. The van der Waals surface area contributed by atoms with Crippen LogP contribution in [-0.2, 0) is 22.7 Å². The molecule has 0 saturated heterocycles. The van der Waals surface area contributed by atoms with E-state index in [0.29, 0.717) is 11.9 Å². The van der Waals surface area contributed by atoms with Crippen LogP contribution in [0.5, 0.6) is 0 Å². The number of halogens is 3. The van der Waals surface area contributed by atoms with Crippen LogP contribution in [0.2, 0.25) is 0 Å². The lowest BCUT2D eigenvalue weighted by molar-refractivity contribution is -0.137. The van der Waals surface area contributed by atoms with Crippen LogP contribution in [0.1, 0.15) is 11.3 Å². The Morgan fingerprint density at radius 3 is 2.39 bits per heavy atom. The number of nitrogens with zero attached hydrogens (tertiary/aromatic N) is 5. The van der Waals surface area contributed by atoms with Crippen LogP contribution in [0, 0.1) is 0 Å². The molecule has 1 aromatic carbocycles. The van der Waals surface area contributed by atoms with Crippen molar-refractivity contribution in [2.75, 3.05) is 28.2 Å². The molecule has 0 fully saturated rings. The highest BCUT2D eigenvalue weighted by molar-refractivity contribution is 7.92. The number of benzene rings is 1. The summed E-state index contributed by atoms with van der Waals surface area (Å²) < 4.78 is 64.9. The summed E-state index contributed by atoms with van der Waals surface area (Å²) in [5.74, 6) is -0.545. The van der Waals surface area contributed by atoms with Gasteiger partial charge in [0.15, 0.2) is 5.82 Å². The first-order chi connectivity index (χ1) is 14.6. The molecule has 0 bridgehead atoms. The Balaban J connectivity index is 1.91. The van der Waals surface area contributed by atoms with E-state index in [1.165, 1.54) is 19.4 Å². The van der Waals surface area contributed by atoms with Crippen molar-refractivity contribution in [3.63, 3.8) is 0 Å². The van der Waals surface area contributed by atoms with Crippen LogP contribution in [-0.4, -0.2) is 41.7 Å². The molecular formula is C18H18F3N7O2S. The third-order valence-corrected chi connectivity index (χ3v) is 5.26. The number of sulfonamides is 1. The fourth-order valence-electron chi connectivity index (χ4n) is 2.51. The van der Waals surface area contributed by atoms with Gasteiger partial charge < -0.3 is 10.6 Å². The van der Waals surface area contributed by atoms with Crippen molar-refractivity contribution in [1.82, 2.24) is 19.9 Å². The standard InChI is InChI=1S/C18H18F3N7O2S/c1-28(31(2,29)30)16-14(22-8-9-23-16)11-24-15-13(18(19,20)21)10-25-17(27-15)26-12-6-4-3-5-7-12/h3-10H,11H2,1-2H3,(H2,24,25,26,27). The third kappa shape index (κ3) is 5.57. The van der Waals surface area contributed by atoms with E-state index in [9.17, 15) is 21.6 Å². The molecule has 0 spiro atoms. The monoisotopic (exact) mass is 453 g/mol. The Labute approximate surface area is 176 Å². The van der Waals surface area contributed by atoms with Gasteiger partial charge in [0.2, 0.25) is 16.0 Å². The van der Waals surface area contributed by atoms with Crippen LogP contribution in [0.4, 0.5) is 36.4 Å². The molecule has 0 atom stereocenters. The molecule has 3 rings (SSSR count). The first kappa shape index (κ1) is 22.2. The van der Waals surface area contributed by atoms with E-state index in [0.717, 1.165) is 10.6 Å². The molecule has 2 heterocycles. The SMILES string of the molecule is CN(c1nccnc1CNc1nc(Nc2ccccc2)ncc1C(F)(F)F)S(C)(=O)=O. The lowest BCUT2D eigenvalue weighted by atomic mass is 10.3. The van der Waals surface area contributed by atoms with Crippen LogP contribution >= 0.6 is 0 Å². The molecule has 2 aromatic heterocycles. The molecular weight excluding hydrogens is 435 g/mol. The predicted octanol–water partition coefficient (Wildman–Crippen LogP) is 3.04. The smallest absolute Gasteiger partial charge is 0.364 e. The van der Waals surface area contributed by atoms with Crippen molar-refractivity contribution in [2.45, 2.75) is 12.7 Å². The number of alkyl halides is 3. The number of para-hydroxylation sites is 1. The van der Waals surface area contributed by atoms with Crippen molar-refractivity contribution in [3.8, 4) is 0 Å². The van der Waals surface area contributed by atoms with E-state index in [4.69, 9.17) is 0 Å². The van der Waals surface area contributed by atoms with Crippen LogP contribution < -0.4 is 14.9 Å². The zero-order valence-corrected chi connectivity index (χ0v) is 17.2. The number of rotatable bonds is 7. The second-order valence-electron chi connectivity index (χ2n) is 6.36. The number of aromatic nitrogens is 4. The normalized spacial score (nSPS) is 11.8. The van der Waals surface area contributed by atoms with Crippen LogP contribution in [0.15, 0.2) is 48.9 Å². The summed E-state index contributed by atoms with van der Waals surface area (Å²) in [5.41, 5.74) is -0.355. The first-order valence-electron chi connectivity index (χ1n) is 8.79. The highest BCUT2D eigenvalue weighted by atomic mass is 32.2. The molecule has 0 unspecified atom stereocenters. The molecule has 164 valence electrons. The first-order valence-corrected chi connectivity index (χ1v) is 10.6. The molecule has 0 aliphatic heterocycles. The van der Waals surface area contributed by atoms with Gasteiger partial charge in [0.1, 0.15) is 17.1 Å². The van der Waals surface area contributed by atoms with E-state index in [1.54, 1.807) is 30.3 Å². The van der Waals surface area contributed by atoms with Gasteiger partial charge in [-0.3, -0.25) is 9.29 Å². The fraction of sp³-hybridized carbons (Fsp3) is 0.222.